The lowest BCUT2D eigenvalue weighted by molar-refractivity contribution is 0.0992. The Morgan fingerprint density at radius 3 is 2.05 bits per heavy atom. The third-order valence-electron chi connectivity index (χ3n) is 3.67. The lowest BCUT2D eigenvalue weighted by atomic mass is 9.95. The van der Waals surface area contributed by atoms with Crippen molar-refractivity contribution in [3.8, 4) is 0 Å². The van der Waals surface area contributed by atoms with Gasteiger partial charge in [-0.25, -0.2) is 0 Å². The van der Waals surface area contributed by atoms with E-state index >= 15 is 0 Å². The monoisotopic (exact) mass is 252 g/mol. The molecule has 0 aliphatic carbocycles. The highest BCUT2D eigenvalue weighted by Gasteiger charge is 2.10. The van der Waals surface area contributed by atoms with Crippen molar-refractivity contribution in [3.05, 3.63) is 70.3 Å². The molecule has 0 fully saturated rings. The van der Waals surface area contributed by atoms with Crippen molar-refractivity contribution in [2.45, 2.75) is 33.6 Å². The van der Waals surface area contributed by atoms with Crippen molar-refractivity contribution in [2.75, 3.05) is 0 Å². The Kier molecular flexibility index (Phi) is 4.16. The van der Waals surface area contributed by atoms with Crippen LogP contribution in [-0.4, -0.2) is 5.78 Å². The molecule has 0 radical (unpaired) electrons. The SMILES string of the molecule is CCc1ccc(C(=O)Cc2c(C)cccc2C)cc1. The van der Waals surface area contributed by atoms with Gasteiger partial charge in [0.2, 0.25) is 0 Å². The van der Waals surface area contributed by atoms with Crippen molar-refractivity contribution in [1.29, 1.82) is 0 Å². The topological polar surface area (TPSA) is 17.1 Å². The molecule has 0 heterocycles. The standard InChI is InChI=1S/C18H20O/c1-4-15-8-10-16(11-9-15)18(19)12-17-13(2)6-5-7-14(17)3/h5-11H,4,12H2,1-3H3. The van der Waals surface area contributed by atoms with Crippen LogP contribution in [0.2, 0.25) is 0 Å². The van der Waals surface area contributed by atoms with E-state index < -0.39 is 0 Å². The quantitative estimate of drug-likeness (QED) is 0.742. The largest absolute Gasteiger partial charge is 0.294 e. The molecule has 0 amide bonds. The van der Waals surface area contributed by atoms with Crippen molar-refractivity contribution < 1.29 is 4.79 Å². The van der Waals surface area contributed by atoms with Gasteiger partial charge in [0.1, 0.15) is 0 Å². The van der Waals surface area contributed by atoms with Crippen LogP contribution in [0.3, 0.4) is 0 Å². The summed E-state index contributed by atoms with van der Waals surface area (Å²) >= 11 is 0. The first-order valence-electron chi connectivity index (χ1n) is 6.79. The second kappa shape index (κ2) is 5.83. The van der Waals surface area contributed by atoms with Gasteiger partial charge < -0.3 is 0 Å². The predicted molar refractivity (Wildman–Crippen MR) is 79.8 cm³/mol. The molecule has 0 spiro atoms. The van der Waals surface area contributed by atoms with E-state index in [1.54, 1.807) is 0 Å². The Hall–Kier alpha value is -1.89. The first-order chi connectivity index (χ1) is 9.11. The van der Waals surface area contributed by atoms with Crippen LogP contribution in [0.15, 0.2) is 42.5 Å². The fourth-order valence-corrected chi connectivity index (χ4v) is 2.32. The minimum atomic E-state index is 0.194. The Morgan fingerprint density at radius 2 is 1.53 bits per heavy atom. The molecule has 2 aromatic rings. The summed E-state index contributed by atoms with van der Waals surface area (Å²) < 4.78 is 0. The number of rotatable bonds is 4. The fraction of sp³-hybridized carbons (Fsp3) is 0.278. The number of ketones is 1. The number of Topliss-reactive ketones (excluding diaryl/α,β-unsaturated/α-hetero) is 1. The van der Waals surface area contributed by atoms with Gasteiger partial charge in [-0.05, 0) is 42.5 Å². The summed E-state index contributed by atoms with van der Waals surface area (Å²) in [6.07, 6.45) is 1.50. The van der Waals surface area contributed by atoms with Crippen LogP contribution in [0.25, 0.3) is 0 Å². The third kappa shape index (κ3) is 3.11. The molecule has 0 bridgehead atoms. The van der Waals surface area contributed by atoms with E-state index in [1.165, 1.54) is 16.7 Å². The Labute approximate surface area is 115 Å². The average molecular weight is 252 g/mol. The van der Waals surface area contributed by atoms with E-state index in [1.807, 2.05) is 30.3 Å². The van der Waals surface area contributed by atoms with E-state index in [4.69, 9.17) is 0 Å². The first kappa shape index (κ1) is 13.5. The minimum Gasteiger partial charge on any atom is -0.294 e. The molecule has 0 aliphatic rings. The number of hydrogen-bond donors (Lipinski definition) is 0. The van der Waals surface area contributed by atoms with Crippen LogP contribution < -0.4 is 0 Å². The lowest BCUT2D eigenvalue weighted by Crippen LogP contribution is -2.06. The lowest BCUT2D eigenvalue weighted by Gasteiger charge is -2.09. The average Bonchev–Trinajstić information content (AvgIpc) is 2.43. The molecular weight excluding hydrogens is 232 g/mol. The van der Waals surface area contributed by atoms with E-state index in [9.17, 15) is 4.79 Å². The first-order valence-corrected chi connectivity index (χ1v) is 6.79. The highest BCUT2D eigenvalue weighted by molar-refractivity contribution is 5.97. The smallest absolute Gasteiger partial charge is 0.167 e. The van der Waals surface area contributed by atoms with Crippen molar-refractivity contribution in [1.82, 2.24) is 0 Å². The van der Waals surface area contributed by atoms with Gasteiger partial charge >= 0.3 is 0 Å². The minimum absolute atomic E-state index is 0.194. The number of carbonyl (C=O) groups excluding carboxylic acids is 1. The van der Waals surface area contributed by atoms with E-state index in [-0.39, 0.29) is 5.78 Å². The molecule has 0 atom stereocenters. The van der Waals surface area contributed by atoms with Crippen LogP contribution in [-0.2, 0) is 12.8 Å². The molecule has 0 saturated heterocycles. The van der Waals surface area contributed by atoms with Gasteiger partial charge in [0, 0.05) is 12.0 Å². The van der Waals surface area contributed by atoms with Gasteiger partial charge in [0.05, 0.1) is 0 Å². The third-order valence-corrected chi connectivity index (χ3v) is 3.67. The summed E-state index contributed by atoms with van der Waals surface area (Å²) in [6.45, 7) is 6.25. The maximum atomic E-state index is 12.3. The Morgan fingerprint density at radius 1 is 0.947 bits per heavy atom. The molecule has 98 valence electrons. The summed E-state index contributed by atoms with van der Waals surface area (Å²) in [5.41, 5.74) is 5.62. The van der Waals surface area contributed by atoms with Gasteiger partial charge in [0.25, 0.3) is 0 Å². The second-order valence-corrected chi connectivity index (χ2v) is 5.02. The summed E-state index contributed by atoms with van der Waals surface area (Å²) in [6, 6.07) is 14.1. The summed E-state index contributed by atoms with van der Waals surface area (Å²) in [4.78, 5) is 12.3. The zero-order valence-electron chi connectivity index (χ0n) is 11.9. The Bertz CT molecular complexity index is 559. The number of benzene rings is 2. The van der Waals surface area contributed by atoms with Gasteiger partial charge in [-0.15, -0.1) is 0 Å². The van der Waals surface area contributed by atoms with E-state index in [2.05, 4.69) is 32.9 Å². The highest BCUT2D eigenvalue weighted by atomic mass is 16.1. The van der Waals surface area contributed by atoms with E-state index in [0.717, 1.165) is 17.5 Å². The molecule has 0 aromatic heterocycles. The maximum absolute atomic E-state index is 12.3. The zero-order valence-corrected chi connectivity index (χ0v) is 11.9. The molecular formula is C18H20O. The van der Waals surface area contributed by atoms with Gasteiger partial charge in [-0.1, -0.05) is 49.4 Å². The van der Waals surface area contributed by atoms with Crippen molar-refractivity contribution >= 4 is 5.78 Å². The number of carbonyl (C=O) groups is 1. The van der Waals surface area contributed by atoms with E-state index in [0.29, 0.717) is 6.42 Å². The normalized spacial score (nSPS) is 10.5. The molecule has 1 nitrogen and oxygen atoms in total. The highest BCUT2D eigenvalue weighted by Crippen LogP contribution is 2.16. The van der Waals surface area contributed by atoms with Crippen LogP contribution in [0.4, 0.5) is 0 Å². The molecule has 19 heavy (non-hydrogen) atoms. The number of hydrogen-bond acceptors (Lipinski definition) is 1. The fourth-order valence-electron chi connectivity index (χ4n) is 2.32. The number of aryl methyl sites for hydroxylation is 3. The van der Waals surface area contributed by atoms with Crippen molar-refractivity contribution in [2.24, 2.45) is 0 Å². The molecule has 2 rings (SSSR count). The van der Waals surface area contributed by atoms with Gasteiger partial charge in [-0.3, -0.25) is 4.79 Å². The van der Waals surface area contributed by atoms with Crippen molar-refractivity contribution in [3.63, 3.8) is 0 Å². The van der Waals surface area contributed by atoms with Crippen LogP contribution in [0.1, 0.15) is 39.5 Å². The summed E-state index contributed by atoms with van der Waals surface area (Å²) in [5, 5.41) is 0. The predicted octanol–water partition coefficient (Wildman–Crippen LogP) is 4.29. The van der Waals surface area contributed by atoms with Crippen LogP contribution in [0, 0.1) is 13.8 Å². The second-order valence-electron chi connectivity index (χ2n) is 5.02. The summed E-state index contributed by atoms with van der Waals surface area (Å²) in [5.74, 6) is 0.194. The van der Waals surface area contributed by atoms with Gasteiger partial charge in [0.15, 0.2) is 5.78 Å². The van der Waals surface area contributed by atoms with Crippen LogP contribution in [0.5, 0.6) is 0 Å². The molecule has 0 unspecified atom stereocenters. The molecule has 0 N–H and O–H groups in total. The zero-order chi connectivity index (χ0) is 13.8. The molecule has 2 aromatic carbocycles. The van der Waals surface area contributed by atoms with Gasteiger partial charge in [-0.2, -0.15) is 0 Å². The maximum Gasteiger partial charge on any atom is 0.167 e. The molecule has 1 heteroatoms. The molecule has 0 aliphatic heterocycles. The Balaban J connectivity index is 2.20. The van der Waals surface area contributed by atoms with Crippen LogP contribution >= 0.6 is 0 Å². The molecule has 0 saturated carbocycles. The summed E-state index contributed by atoms with van der Waals surface area (Å²) in [7, 11) is 0.